The van der Waals surface area contributed by atoms with Crippen molar-refractivity contribution in [2.45, 2.75) is 38.5 Å². The Morgan fingerprint density at radius 1 is 0.321 bits per heavy atom. The van der Waals surface area contributed by atoms with Gasteiger partial charge in [-0.3, -0.25) is 0 Å². The number of nitrogens with zero attached hydrogens (tertiary/aromatic N) is 2. The molecular weight excluding hydrogens is 677 g/mol. The lowest BCUT2D eigenvalue weighted by Gasteiger charge is -2.22. The number of hydrogen-bond acceptors (Lipinski definition) is 2. The third-order valence-electron chi connectivity index (χ3n) is 12.7. The fraction of sp³-hybridized carbons (Fsp3) is 0.111. The summed E-state index contributed by atoms with van der Waals surface area (Å²) in [4.78, 5) is 10.4. The van der Waals surface area contributed by atoms with Gasteiger partial charge in [0.15, 0.2) is 5.82 Å². The van der Waals surface area contributed by atoms with Gasteiger partial charge >= 0.3 is 0 Å². The minimum Gasteiger partial charge on any atom is -0.228 e. The van der Waals surface area contributed by atoms with Gasteiger partial charge in [-0.25, -0.2) is 9.97 Å². The molecule has 9 aromatic rings. The first-order valence-corrected chi connectivity index (χ1v) is 19.6. The highest BCUT2D eigenvalue weighted by Gasteiger charge is 2.38. The molecule has 1 aromatic heterocycles. The van der Waals surface area contributed by atoms with Crippen molar-refractivity contribution in [3.05, 3.63) is 192 Å². The molecule has 0 amide bonds. The number of aromatic nitrogens is 2. The van der Waals surface area contributed by atoms with E-state index in [2.05, 4.69) is 191 Å². The highest BCUT2D eigenvalue weighted by Crippen LogP contribution is 2.54. The van der Waals surface area contributed by atoms with E-state index in [-0.39, 0.29) is 10.8 Å². The summed E-state index contributed by atoms with van der Waals surface area (Å²) in [5.41, 5.74) is 18.0. The van der Waals surface area contributed by atoms with Crippen LogP contribution in [0.5, 0.6) is 0 Å². The van der Waals surface area contributed by atoms with Crippen LogP contribution in [0.4, 0.5) is 0 Å². The lowest BCUT2D eigenvalue weighted by Crippen LogP contribution is -2.15. The predicted octanol–water partition coefficient (Wildman–Crippen LogP) is 14.1. The van der Waals surface area contributed by atoms with Gasteiger partial charge in [-0.05, 0) is 114 Å². The Morgan fingerprint density at radius 3 is 1.52 bits per heavy atom. The van der Waals surface area contributed by atoms with E-state index in [4.69, 9.17) is 9.97 Å². The van der Waals surface area contributed by atoms with Crippen LogP contribution < -0.4 is 0 Å². The van der Waals surface area contributed by atoms with Crippen molar-refractivity contribution < 1.29 is 0 Å². The molecule has 0 N–H and O–H groups in total. The first-order valence-electron chi connectivity index (χ1n) is 19.6. The number of benzene rings is 8. The summed E-state index contributed by atoms with van der Waals surface area (Å²) in [5.74, 6) is 0.725. The van der Waals surface area contributed by atoms with Crippen LogP contribution in [0, 0.1) is 0 Å². The molecule has 2 heteroatoms. The zero-order valence-electron chi connectivity index (χ0n) is 32.1. The van der Waals surface area contributed by atoms with Gasteiger partial charge in [0.2, 0.25) is 0 Å². The van der Waals surface area contributed by atoms with E-state index in [1.807, 2.05) is 6.07 Å². The van der Waals surface area contributed by atoms with Crippen molar-refractivity contribution in [3.8, 4) is 67.3 Å². The summed E-state index contributed by atoms with van der Waals surface area (Å²) < 4.78 is 0. The smallest absolute Gasteiger partial charge is 0.160 e. The van der Waals surface area contributed by atoms with Gasteiger partial charge in [0.25, 0.3) is 0 Å². The van der Waals surface area contributed by atoms with E-state index < -0.39 is 0 Å². The summed E-state index contributed by atoms with van der Waals surface area (Å²) >= 11 is 0. The molecule has 0 spiro atoms. The summed E-state index contributed by atoms with van der Waals surface area (Å²) in [6.45, 7) is 9.42. The average molecular weight is 717 g/mol. The Labute approximate surface area is 328 Å². The van der Waals surface area contributed by atoms with Crippen LogP contribution in [-0.4, -0.2) is 9.97 Å². The van der Waals surface area contributed by atoms with E-state index in [0.29, 0.717) is 0 Å². The fourth-order valence-corrected chi connectivity index (χ4v) is 9.57. The maximum absolute atomic E-state index is 5.22. The molecule has 266 valence electrons. The van der Waals surface area contributed by atoms with Crippen LogP contribution in [0.25, 0.3) is 88.8 Å². The zero-order chi connectivity index (χ0) is 37.8. The molecule has 8 aromatic carbocycles. The fourth-order valence-electron chi connectivity index (χ4n) is 9.57. The normalized spacial score (nSPS) is 14.4. The maximum Gasteiger partial charge on any atom is 0.160 e. The number of rotatable bonds is 4. The molecule has 2 aliphatic carbocycles. The molecule has 1 heterocycles. The molecule has 0 aliphatic heterocycles. The first-order chi connectivity index (χ1) is 27.2. The van der Waals surface area contributed by atoms with Crippen molar-refractivity contribution in [2.75, 3.05) is 0 Å². The number of hydrogen-bond donors (Lipinski definition) is 0. The quantitative estimate of drug-likeness (QED) is 0.181. The standard InChI is InChI=1S/C54H40N2/c1-53(2)45-20-12-19-41(51(45)44-28-37-16-9-11-18-39(37)30-48(44)53)33-21-23-34(24-22-33)49-32-50(56-52(55-49)35-13-6-5-7-14-35)40-25-26-42-43-27-36-15-8-10-17-38(36)29-47(43)54(3,4)46(42)31-40/h5-32H,1-4H3. The van der Waals surface area contributed by atoms with Gasteiger partial charge in [0, 0.05) is 27.5 Å². The zero-order valence-corrected chi connectivity index (χ0v) is 32.1. The van der Waals surface area contributed by atoms with Crippen LogP contribution in [0.1, 0.15) is 49.9 Å². The molecular formula is C54H40N2. The highest BCUT2D eigenvalue weighted by atomic mass is 14.9. The second-order valence-corrected chi connectivity index (χ2v) is 16.6. The largest absolute Gasteiger partial charge is 0.228 e. The second kappa shape index (κ2) is 11.9. The Balaban J connectivity index is 1.01. The predicted molar refractivity (Wildman–Crippen MR) is 234 cm³/mol. The van der Waals surface area contributed by atoms with Crippen LogP contribution >= 0.6 is 0 Å². The summed E-state index contributed by atoms with van der Waals surface area (Å²) in [5, 5.41) is 5.13. The molecule has 2 aliphatic rings. The van der Waals surface area contributed by atoms with Crippen LogP contribution in [-0.2, 0) is 10.8 Å². The van der Waals surface area contributed by atoms with Crippen molar-refractivity contribution in [1.82, 2.24) is 9.97 Å². The van der Waals surface area contributed by atoms with Crippen molar-refractivity contribution in [2.24, 2.45) is 0 Å². The summed E-state index contributed by atoms with van der Waals surface area (Å²) in [6, 6.07) is 62.1. The van der Waals surface area contributed by atoms with Gasteiger partial charge in [0.1, 0.15) is 0 Å². The second-order valence-electron chi connectivity index (χ2n) is 16.6. The van der Waals surface area contributed by atoms with E-state index in [1.165, 1.54) is 77.2 Å². The topological polar surface area (TPSA) is 25.8 Å². The summed E-state index contributed by atoms with van der Waals surface area (Å²) in [7, 11) is 0. The van der Waals surface area contributed by atoms with Crippen molar-refractivity contribution >= 4 is 21.5 Å². The van der Waals surface area contributed by atoms with Gasteiger partial charge in [0.05, 0.1) is 11.4 Å². The first kappa shape index (κ1) is 32.8. The van der Waals surface area contributed by atoms with Crippen LogP contribution in [0.15, 0.2) is 170 Å². The lowest BCUT2D eigenvalue weighted by molar-refractivity contribution is 0.661. The Bertz CT molecular complexity index is 3060. The third-order valence-corrected chi connectivity index (χ3v) is 12.7. The van der Waals surface area contributed by atoms with Crippen molar-refractivity contribution in [3.63, 3.8) is 0 Å². The molecule has 0 saturated heterocycles. The van der Waals surface area contributed by atoms with Gasteiger partial charge < -0.3 is 0 Å². The average Bonchev–Trinajstić information content (AvgIpc) is 3.60. The van der Waals surface area contributed by atoms with E-state index >= 15 is 0 Å². The molecule has 0 saturated carbocycles. The van der Waals surface area contributed by atoms with Gasteiger partial charge in [-0.2, -0.15) is 0 Å². The van der Waals surface area contributed by atoms with E-state index in [9.17, 15) is 0 Å². The molecule has 0 atom stereocenters. The molecule has 0 unspecified atom stereocenters. The highest BCUT2D eigenvalue weighted by molar-refractivity contribution is 5.99. The molecule has 0 fully saturated rings. The minimum atomic E-state index is -0.140. The Kier molecular flexibility index (Phi) is 6.98. The molecule has 0 radical (unpaired) electrons. The molecule has 56 heavy (non-hydrogen) atoms. The third kappa shape index (κ3) is 4.88. The van der Waals surface area contributed by atoms with Crippen LogP contribution in [0.2, 0.25) is 0 Å². The van der Waals surface area contributed by atoms with Gasteiger partial charge in [-0.1, -0.05) is 161 Å². The SMILES string of the molecule is CC1(C)c2cc(-c3cc(-c4ccc(-c5cccc6c5-c5cc7ccccc7cc5C6(C)C)cc4)nc(-c4ccccc4)n3)ccc2-c2cc3ccccc3cc21. The Hall–Kier alpha value is -6.64. The molecule has 0 bridgehead atoms. The van der Waals surface area contributed by atoms with E-state index in [1.54, 1.807) is 0 Å². The maximum atomic E-state index is 5.22. The van der Waals surface area contributed by atoms with Crippen molar-refractivity contribution in [1.29, 1.82) is 0 Å². The molecule has 11 rings (SSSR count). The van der Waals surface area contributed by atoms with Gasteiger partial charge in [-0.15, -0.1) is 0 Å². The minimum absolute atomic E-state index is 0.0838. The summed E-state index contributed by atoms with van der Waals surface area (Å²) in [6.07, 6.45) is 0. The number of fused-ring (bicyclic) bond motifs is 8. The lowest BCUT2D eigenvalue weighted by atomic mass is 9.81. The monoisotopic (exact) mass is 716 g/mol. The molecule has 2 nitrogen and oxygen atoms in total. The Morgan fingerprint density at radius 2 is 0.839 bits per heavy atom. The van der Waals surface area contributed by atoms with E-state index in [0.717, 1.165) is 33.9 Å². The van der Waals surface area contributed by atoms with Crippen LogP contribution in [0.3, 0.4) is 0 Å².